The van der Waals surface area contributed by atoms with E-state index in [0.29, 0.717) is 28.3 Å². The van der Waals surface area contributed by atoms with Gasteiger partial charge < -0.3 is 5.32 Å². The Hall–Kier alpha value is -0.770. The van der Waals surface area contributed by atoms with Crippen LogP contribution in [0.4, 0.5) is 5.69 Å². The van der Waals surface area contributed by atoms with Gasteiger partial charge in [0.25, 0.3) is 0 Å². The van der Waals surface area contributed by atoms with Crippen LogP contribution in [0, 0.1) is 6.92 Å². The second kappa shape index (κ2) is 6.79. The van der Waals surface area contributed by atoms with Crippen LogP contribution in [0.1, 0.15) is 31.7 Å². The number of carbonyl (C=O) groups excluding carboxylic acids is 1. The number of anilines is 1. The summed E-state index contributed by atoms with van der Waals surface area (Å²) in [6, 6.07) is 4.05. The van der Waals surface area contributed by atoms with Crippen molar-refractivity contribution in [2.75, 3.05) is 18.4 Å². The largest absolute Gasteiger partial charge is 0.322 e. The number of amides is 1. The molecule has 0 aromatic heterocycles. The Kier molecular flexibility index (Phi) is 5.30. The first-order chi connectivity index (χ1) is 9.49. The minimum Gasteiger partial charge on any atom is -0.322 e. The Labute approximate surface area is 130 Å². The van der Waals surface area contributed by atoms with Crippen molar-refractivity contribution < 1.29 is 4.79 Å². The molecule has 0 radical (unpaired) electrons. The van der Waals surface area contributed by atoms with Gasteiger partial charge >= 0.3 is 0 Å². The van der Waals surface area contributed by atoms with Crippen LogP contribution in [-0.2, 0) is 4.79 Å². The Morgan fingerprint density at radius 3 is 2.85 bits per heavy atom. The summed E-state index contributed by atoms with van der Waals surface area (Å²) in [7, 11) is 0. The molecule has 1 heterocycles. The molecule has 0 bridgehead atoms. The fraction of sp³-hybridized carbons (Fsp3) is 0.533. The predicted octanol–water partition coefficient (Wildman–Crippen LogP) is 4.11. The lowest BCUT2D eigenvalue weighted by molar-refractivity contribution is -0.118. The number of rotatable bonds is 3. The Balaban J connectivity index is 2.03. The van der Waals surface area contributed by atoms with E-state index >= 15 is 0 Å². The highest BCUT2D eigenvalue weighted by atomic mass is 35.5. The number of aryl methyl sites for hydroxylation is 1. The zero-order chi connectivity index (χ0) is 14.7. The minimum absolute atomic E-state index is 0.0619. The van der Waals surface area contributed by atoms with Crippen LogP contribution in [0.15, 0.2) is 12.1 Å². The van der Waals surface area contributed by atoms with Crippen LogP contribution in [0.25, 0.3) is 0 Å². The number of halogens is 2. The summed E-state index contributed by atoms with van der Waals surface area (Å²) in [6.45, 7) is 5.42. The monoisotopic (exact) mass is 314 g/mol. The van der Waals surface area contributed by atoms with Gasteiger partial charge in [0.1, 0.15) is 0 Å². The Morgan fingerprint density at radius 2 is 2.15 bits per heavy atom. The molecule has 0 saturated carbocycles. The summed E-state index contributed by atoms with van der Waals surface area (Å²) >= 11 is 12.3. The molecule has 1 amide bonds. The molecule has 2 rings (SSSR count). The lowest BCUT2D eigenvalue weighted by Crippen LogP contribution is -2.42. The first kappa shape index (κ1) is 15.6. The van der Waals surface area contributed by atoms with Crippen LogP contribution in [0.5, 0.6) is 0 Å². The predicted molar refractivity (Wildman–Crippen MR) is 84.7 cm³/mol. The van der Waals surface area contributed by atoms with Crippen molar-refractivity contribution in [3.8, 4) is 0 Å². The van der Waals surface area contributed by atoms with E-state index in [0.717, 1.165) is 24.9 Å². The quantitative estimate of drug-likeness (QED) is 0.910. The number of hydrogen-bond donors (Lipinski definition) is 1. The van der Waals surface area contributed by atoms with E-state index in [4.69, 9.17) is 23.2 Å². The molecule has 1 atom stereocenters. The summed E-state index contributed by atoms with van der Waals surface area (Å²) in [5.74, 6) is -0.0619. The lowest BCUT2D eigenvalue weighted by Gasteiger charge is -2.32. The molecule has 3 nitrogen and oxygen atoms in total. The number of nitrogens with one attached hydrogen (secondary N) is 1. The molecule has 0 unspecified atom stereocenters. The topological polar surface area (TPSA) is 32.3 Å². The summed E-state index contributed by atoms with van der Waals surface area (Å²) in [6.07, 6.45) is 3.55. The smallest absolute Gasteiger partial charge is 0.238 e. The van der Waals surface area contributed by atoms with E-state index in [1.165, 1.54) is 6.42 Å². The van der Waals surface area contributed by atoms with Crippen molar-refractivity contribution in [1.82, 2.24) is 4.90 Å². The molecule has 0 aliphatic carbocycles. The highest BCUT2D eigenvalue weighted by molar-refractivity contribution is 6.40. The van der Waals surface area contributed by atoms with Crippen LogP contribution >= 0.6 is 23.2 Å². The standard InChI is InChI=1S/C15H20Cl2N2O/c1-10-6-7-12(16)15(14(10)17)18-13(20)9-19-8-4-3-5-11(19)2/h6-7,11H,3-5,8-9H2,1-2H3,(H,18,20)/t11-/m1/s1. The van der Waals surface area contributed by atoms with Crippen molar-refractivity contribution >= 4 is 34.8 Å². The first-order valence-electron chi connectivity index (χ1n) is 6.97. The zero-order valence-electron chi connectivity index (χ0n) is 11.9. The molecule has 1 aromatic carbocycles. The van der Waals surface area contributed by atoms with Gasteiger partial charge in [-0.3, -0.25) is 9.69 Å². The van der Waals surface area contributed by atoms with E-state index in [2.05, 4.69) is 17.1 Å². The molecule has 1 fully saturated rings. The van der Waals surface area contributed by atoms with Crippen molar-refractivity contribution in [1.29, 1.82) is 0 Å². The Morgan fingerprint density at radius 1 is 1.40 bits per heavy atom. The number of nitrogens with zero attached hydrogens (tertiary/aromatic N) is 1. The molecule has 1 saturated heterocycles. The first-order valence-corrected chi connectivity index (χ1v) is 7.73. The van der Waals surface area contributed by atoms with Crippen LogP contribution in [0.2, 0.25) is 10.0 Å². The maximum absolute atomic E-state index is 12.2. The third-order valence-corrected chi connectivity index (χ3v) is 4.64. The third kappa shape index (κ3) is 3.66. The summed E-state index contributed by atoms with van der Waals surface area (Å²) in [4.78, 5) is 14.4. The molecule has 5 heteroatoms. The third-order valence-electron chi connectivity index (χ3n) is 3.84. The van der Waals surface area contributed by atoms with Gasteiger partial charge in [-0.1, -0.05) is 35.7 Å². The average molecular weight is 315 g/mol. The SMILES string of the molecule is Cc1ccc(Cl)c(NC(=O)CN2CCCC[C@H]2C)c1Cl. The number of piperidine rings is 1. The van der Waals surface area contributed by atoms with E-state index in [1.807, 2.05) is 13.0 Å². The fourth-order valence-corrected chi connectivity index (χ4v) is 2.99. The summed E-state index contributed by atoms with van der Waals surface area (Å²) in [5.41, 5.74) is 1.42. The van der Waals surface area contributed by atoms with Gasteiger partial charge in [0, 0.05) is 6.04 Å². The molecule has 1 aromatic rings. The van der Waals surface area contributed by atoms with Crippen LogP contribution in [-0.4, -0.2) is 29.9 Å². The molecule has 1 N–H and O–H groups in total. The average Bonchev–Trinajstić information content (AvgIpc) is 2.42. The molecular weight excluding hydrogens is 295 g/mol. The van der Waals surface area contributed by atoms with Crippen LogP contribution in [0.3, 0.4) is 0 Å². The maximum Gasteiger partial charge on any atom is 0.238 e. The maximum atomic E-state index is 12.2. The molecule has 20 heavy (non-hydrogen) atoms. The lowest BCUT2D eigenvalue weighted by atomic mass is 10.0. The second-order valence-electron chi connectivity index (χ2n) is 5.42. The van der Waals surface area contributed by atoms with E-state index in [1.54, 1.807) is 6.07 Å². The highest BCUT2D eigenvalue weighted by Gasteiger charge is 2.21. The van der Waals surface area contributed by atoms with Crippen LogP contribution < -0.4 is 5.32 Å². The fourth-order valence-electron chi connectivity index (χ4n) is 2.53. The van der Waals surface area contributed by atoms with Crippen molar-refractivity contribution in [2.45, 2.75) is 39.2 Å². The van der Waals surface area contributed by atoms with Crippen molar-refractivity contribution in [2.24, 2.45) is 0 Å². The Bertz CT molecular complexity index is 505. The van der Waals surface area contributed by atoms with E-state index in [9.17, 15) is 4.79 Å². The van der Waals surface area contributed by atoms with Gasteiger partial charge in [-0.25, -0.2) is 0 Å². The number of hydrogen-bond acceptors (Lipinski definition) is 2. The van der Waals surface area contributed by atoms with Crippen molar-refractivity contribution in [3.05, 3.63) is 27.7 Å². The summed E-state index contributed by atoms with van der Waals surface area (Å²) < 4.78 is 0. The summed E-state index contributed by atoms with van der Waals surface area (Å²) in [5, 5.41) is 3.83. The van der Waals surface area contributed by atoms with E-state index in [-0.39, 0.29) is 5.91 Å². The number of carbonyl (C=O) groups is 1. The second-order valence-corrected chi connectivity index (χ2v) is 6.20. The molecule has 1 aliphatic rings. The van der Waals surface area contributed by atoms with Gasteiger partial charge in [0.2, 0.25) is 5.91 Å². The zero-order valence-corrected chi connectivity index (χ0v) is 13.4. The van der Waals surface area contributed by atoms with Crippen molar-refractivity contribution in [3.63, 3.8) is 0 Å². The van der Waals surface area contributed by atoms with E-state index < -0.39 is 0 Å². The normalized spacial score (nSPS) is 19.9. The number of likely N-dealkylation sites (tertiary alicyclic amines) is 1. The van der Waals surface area contributed by atoms with Gasteiger partial charge in [0.15, 0.2) is 0 Å². The highest BCUT2D eigenvalue weighted by Crippen LogP contribution is 2.32. The van der Waals surface area contributed by atoms with Gasteiger partial charge in [-0.15, -0.1) is 0 Å². The van der Waals surface area contributed by atoms with Gasteiger partial charge in [0.05, 0.1) is 22.3 Å². The number of benzene rings is 1. The minimum atomic E-state index is -0.0619. The molecule has 0 spiro atoms. The molecular formula is C15H20Cl2N2O. The van der Waals surface area contributed by atoms with Gasteiger partial charge in [-0.05, 0) is 44.9 Å². The molecule has 110 valence electrons. The van der Waals surface area contributed by atoms with Gasteiger partial charge in [-0.2, -0.15) is 0 Å². The molecule has 1 aliphatic heterocycles.